The van der Waals surface area contributed by atoms with E-state index >= 15 is 0 Å². The van der Waals surface area contributed by atoms with Crippen LogP contribution in [0.25, 0.3) is 11.2 Å². The van der Waals surface area contributed by atoms with Crippen molar-refractivity contribution < 1.29 is 4.74 Å². The number of hydrogen-bond acceptors (Lipinski definition) is 4. The van der Waals surface area contributed by atoms with E-state index in [1.807, 2.05) is 16.8 Å². The molecule has 1 fully saturated rings. The van der Waals surface area contributed by atoms with Crippen LogP contribution in [-0.4, -0.2) is 44.8 Å². The van der Waals surface area contributed by atoms with Gasteiger partial charge < -0.3 is 4.74 Å². The summed E-state index contributed by atoms with van der Waals surface area (Å²) in [6.07, 6.45) is 9.16. The number of morpholine rings is 1. The van der Waals surface area contributed by atoms with Gasteiger partial charge in [-0.3, -0.25) is 4.90 Å². The van der Waals surface area contributed by atoms with Crippen LogP contribution in [0.4, 0.5) is 0 Å². The van der Waals surface area contributed by atoms with E-state index < -0.39 is 0 Å². The lowest BCUT2D eigenvalue weighted by molar-refractivity contribution is -0.0402. The van der Waals surface area contributed by atoms with E-state index in [1.165, 1.54) is 11.1 Å². The van der Waals surface area contributed by atoms with Crippen LogP contribution in [0.15, 0.2) is 61.1 Å². The van der Waals surface area contributed by atoms with Crippen LogP contribution in [0, 0.1) is 0 Å². The largest absolute Gasteiger partial charge is 0.378 e. The molecule has 2 bridgehead atoms. The molecule has 2 atom stereocenters. The lowest BCUT2D eigenvalue weighted by atomic mass is 9.90. The Morgan fingerprint density at radius 1 is 1.12 bits per heavy atom. The van der Waals surface area contributed by atoms with Crippen molar-refractivity contribution in [1.29, 1.82) is 0 Å². The van der Waals surface area contributed by atoms with E-state index in [9.17, 15) is 0 Å². The molecular weight excluding hydrogens is 312 g/mol. The van der Waals surface area contributed by atoms with Crippen LogP contribution in [0.3, 0.4) is 0 Å². The van der Waals surface area contributed by atoms with E-state index in [4.69, 9.17) is 4.74 Å². The molecule has 2 aliphatic rings. The van der Waals surface area contributed by atoms with Crippen molar-refractivity contribution in [1.82, 2.24) is 19.5 Å². The summed E-state index contributed by atoms with van der Waals surface area (Å²) in [4.78, 5) is 7.08. The van der Waals surface area contributed by atoms with Crippen LogP contribution >= 0.6 is 0 Å². The first-order chi connectivity index (χ1) is 12.4. The molecule has 5 nitrogen and oxygen atoms in total. The molecule has 2 aliphatic heterocycles. The predicted molar refractivity (Wildman–Crippen MR) is 96.0 cm³/mol. The Balaban J connectivity index is 1.45. The number of rotatable bonds is 3. The van der Waals surface area contributed by atoms with Crippen LogP contribution in [0.5, 0.6) is 0 Å². The molecule has 0 spiro atoms. The highest BCUT2D eigenvalue weighted by Crippen LogP contribution is 2.33. The number of benzene rings is 1. The van der Waals surface area contributed by atoms with Crippen molar-refractivity contribution in [2.45, 2.75) is 25.0 Å². The molecule has 5 heteroatoms. The zero-order valence-electron chi connectivity index (χ0n) is 14.0. The lowest BCUT2D eigenvalue weighted by Gasteiger charge is -2.44. The first-order valence-electron chi connectivity index (χ1n) is 8.75. The fourth-order valence-electron chi connectivity index (χ4n) is 3.89. The molecule has 126 valence electrons. The van der Waals surface area contributed by atoms with Gasteiger partial charge in [0.05, 0.1) is 25.5 Å². The van der Waals surface area contributed by atoms with E-state index in [0.717, 1.165) is 37.4 Å². The fraction of sp³-hybridized carbons (Fsp3) is 0.300. The third kappa shape index (κ3) is 2.75. The number of hydrogen-bond donors (Lipinski definition) is 0. The van der Waals surface area contributed by atoms with Crippen molar-refractivity contribution >= 4 is 11.2 Å². The molecule has 1 aromatic carbocycles. The van der Waals surface area contributed by atoms with Gasteiger partial charge in [-0.2, -0.15) is 5.10 Å². The molecule has 0 N–H and O–H groups in total. The highest BCUT2D eigenvalue weighted by atomic mass is 16.5. The summed E-state index contributed by atoms with van der Waals surface area (Å²) in [5.74, 6) is 0. The van der Waals surface area contributed by atoms with Gasteiger partial charge in [0.25, 0.3) is 0 Å². The van der Waals surface area contributed by atoms with Gasteiger partial charge in [-0.15, -0.1) is 0 Å². The summed E-state index contributed by atoms with van der Waals surface area (Å²) in [6, 6.07) is 13.3. The summed E-state index contributed by atoms with van der Waals surface area (Å²) in [6.45, 7) is 2.52. The standard InChI is InChI=1S/C20H20N4O/c1-2-4-15(5-3-1)11-23-18-8-16(9-19(23)14-25-13-18)17-10-21-20-6-7-22-24(20)12-17/h1-8,10,12,18-19H,9,11,13-14H2. The fourth-order valence-corrected chi connectivity index (χ4v) is 3.89. The predicted octanol–water partition coefficient (Wildman–Crippen LogP) is 2.79. The summed E-state index contributed by atoms with van der Waals surface area (Å²) in [5, 5.41) is 4.31. The van der Waals surface area contributed by atoms with Crippen molar-refractivity contribution in [2.75, 3.05) is 13.2 Å². The lowest BCUT2D eigenvalue weighted by Crippen LogP contribution is -2.53. The summed E-state index contributed by atoms with van der Waals surface area (Å²) in [7, 11) is 0. The normalized spacial score (nSPS) is 23.6. The Kier molecular flexibility index (Phi) is 3.61. The van der Waals surface area contributed by atoms with Gasteiger partial charge in [0, 0.05) is 36.6 Å². The van der Waals surface area contributed by atoms with Gasteiger partial charge in [-0.25, -0.2) is 9.50 Å². The first kappa shape index (κ1) is 14.8. The summed E-state index contributed by atoms with van der Waals surface area (Å²) >= 11 is 0. The molecule has 0 aliphatic carbocycles. The van der Waals surface area contributed by atoms with Crippen LogP contribution in [-0.2, 0) is 11.3 Å². The quantitative estimate of drug-likeness (QED) is 0.740. The smallest absolute Gasteiger partial charge is 0.154 e. The molecule has 0 saturated carbocycles. The zero-order chi connectivity index (χ0) is 16.6. The average Bonchev–Trinajstić information content (AvgIpc) is 3.10. The number of nitrogens with zero attached hydrogens (tertiary/aromatic N) is 4. The first-order valence-corrected chi connectivity index (χ1v) is 8.75. The van der Waals surface area contributed by atoms with E-state index in [0.29, 0.717) is 12.1 Å². The second kappa shape index (κ2) is 6.10. The van der Waals surface area contributed by atoms with Crippen molar-refractivity contribution in [3.63, 3.8) is 0 Å². The molecule has 3 aromatic rings. The van der Waals surface area contributed by atoms with Crippen molar-refractivity contribution in [3.8, 4) is 0 Å². The third-order valence-electron chi connectivity index (χ3n) is 5.17. The summed E-state index contributed by atoms with van der Waals surface area (Å²) < 4.78 is 7.67. The Hall–Kier alpha value is -2.50. The molecule has 0 amide bonds. The van der Waals surface area contributed by atoms with Crippen molar-refractivity contribution in [2.24, 2.45) is 0 Å². The van der Waals surface area contributed by atoms with E-state index in [-0.39, 0.29) is 0 Å². The minimum atomic E-state index is 0.316. The minimum Gasteiger partial charge on any atom is -0.378 e. The van der Waals surface area contributed by atoms with Gasteiger partial charge in [0.15, 0.2) is 5.65 Å². The maximum atomic E-state index is 5.83. The molecule has 0 radical (unpaired) electrons. The van der Waals surface area contributed by atoms with Crippen LogP contribution < -0.4 is 0 Å². The second-order valence-corrected chi connectivity index (χ2v) is 6.79. The van der Waals surface area contributed by atoms with Crippen LogP contribution in [0.1, 0.15) is 17.5 Å². The van der Waals surface area contributed by atoms with E-state index in [2.05, 4.69) is 57.6 Å². The molecule has 2 aromatic heterocycles. The van der Waals surface area contributed by atoms with Gasteiger partial charge >= 0.3 is 0 Å². The second-order valence-electron chi connectivity index (χ2n) is 6.79. The Morgan fingerprint density at radius 3 is 2.92 bits per heavy atom. The highest BCUT2D eigenvalue weighted by molar-refractivity contribution is 5.67. The molecular formula is C20H20N4O. The van der Waals surface area contributed by atoms with E-state index in [1.54, 1.807) is 6.20 Å². The molecule has 25 heavy (non-hydrogen) atoms. The van der Waals surface area contributed by atoms with Gasteiger partial charge in [-0.1, -0.05) is 36.4 Å². The molecule has 5 rings (SSSR count). The Labute approximate surface area is 146 Å². The maximum Gasteiger partial charge on any atom is 0.154 e. The number of fused-ring (bicyclic) bond motifs is 3. The Bertz CT molecular complexity index is 918. The Morgan fingerprint density at radius 2 is 2.04 bits per heavy atom. The van der Waals surface area contributed by atoms with Crippen LogP contribution in [0.2, 0.25) is 0 Å². The molecule has 1 saturated heterocycles. The van der Waals surface area contributed by atoms with Gasteiger partial charge in [-0.05, 0) is 17.6 Å². The summed E-state index contributed by atoms with van der Waals surface area (Å²) in [5.41, 5.74) is 4.75. The zero-order valence-corrected chi connectivity index (χ0v) is 14.0. The minimum absolute atomic E-state index is 0.316. The van der Waals surface area contributed by atoms with Gasteiger partial charge in [0.1, 0.15) is 0 Å². The molecule has 2 unspecified atom stereocenters. The topological polar surface area (TPSA) is 42.7 Å². The maximum absolute atomic E-state index is 5.83. The third-order valence-corrected chi connectivity index (χ3v) is 5.17. The monoisotopic (exact) mass is 332 g/mol. The number of aromatic nitrogens is 3. The molecule has 4 heterocycles. The highest BCUT2D eigenvalue weighted by Gasteiger charge is 2.35. The SMILES string of the molecule is C1=C(c2cnc3ccnn3c2)CC2COCC1N2Cc1ccccc1. The average molecular weight is 332 g/mol. The van der Waals surface area contributed by atoms with Crippen molar-refractivity contribution in [3.05, 3.63) is 72.2 Å². The number of ether oxygens (including phenoxy) is 1. The van der Waals surface area contributed by atoms with Gasteiger partial charge in [0.2, 0.25) is 0 Å².